The highest BCUT2D eigenvalue weighted by Crippen LogP contribution is 2.02. The molecule has 0 amide bonds. The zero-order valence-electron chi connectivity index (χ0n) is 9.58. The Labute approximate surface area is 90.4 Å². The van der Waals surface area contributed by atoms with Crippen LogP contribution in [-0.2, 0) is 11.3 Å². The molecule has 0 unspecified atom stereocenters. The van der Waals surface area contributed by atoms with Gasteiger partial charge in [0, 0.05) is 32.4 Å². The van der Waals surface area contributed by atoms with E-state index in [9.17, 15) is 4.79 Å². The number of rotatable bonds is 4. The zero-order chi connectivity index (χ0) is 11.4. The first-order valence-corrected chi connectivity index (χ1v) is 5.20. The number of aromatic nitrogens is 1. The van der Waals surface area contributed by atoms with Crippen molar-refractivity contribution >= 4 is 5.97 Å². The van der Waals surface area contributed by atoms with Gasteiger partial charge in [0.15, 0.2) is 11.4 Å². The van der Waals surface area contributed by atoms with Crippen molar-refractivity contribution in [1.29, 1.82) is 0 Å². The molecule has 0 bridgehead atoms. The lowest BCUT2D eigenvalue weighted by atomic mass is 10.2. The third-order valence-corrected chi connectivity index (χ3v) is 2.50. The Morgan fingerprint density at radius 2 is 1.80 bits per heavy atom. The summed E-state index contributed by atoms with van der Waals surface area (Å²) in [5.74, 6) is -0.724. The monoisotopic (exact) mass is 208 g/mol. The van der Waals surface area contributed by atoms with Crippen LogP contribution in [0.15, 0.2) is 12.1 Å². The Kier molecular flexibility index (Phi) is 3.83. The van der Waals surface area contributed by atoms with Crippen LogP contribution in [-0.4, -0.2) is 11.1 Å². The second kappa shape index (κ2) is 4.91. The predicted octanol–water partition coefficient (Wildman–Crippen LogP) is 1.76. The van der Waals surface area contributed by atoms with E-state index in [1.807, 2.05) is 0 Å². The summed E-state index contributed by atoms with van der Waals surface area (Å²) >= 11 is 0. The molecule has 0 aromatic carbocycles. The van der Waals surface area contributed by atoms with Crippen LogP contribution in [0.1, 0.15) is 29.8 Å². The number of aliphatic carboxylic acids is 1. The Bertz CT molecular complexity index is 349. The number of aryl methyl sites for hydroxylation is 3. The maximum absolute atomic E-state index is 10.4. The van der Waals surface area contributed by atoms with Crippen molar-refractivity contribution < 1.29 is 14.5 Å². The summed E-state index contributed by atoms with van der Waals surface area (Å²) in [6.45, 7) is 6.97. The van der Waals surface area contributed by atoms with E-state index >= 15 is 0 Å². The van der Waals surface area contributed by atoms with E-state index in [1.165, 1.54) is 17.0 Å². The summed E-state index contributed by atoms with van der Waals surface area (Å²) in [6.07, 6.45) is 0.921. The minimum Gasteiger partial charge on any atom is -0.481 e. The van der Waals surface area contributed by atoms with Gasteiger partial charge in [0.1, 0.15) is 6.54 Å². The van der Waals surface area contributed by atoms with Crippen LogP contribution < -0.4 is 4.57 Å². The molecular weight excluding hydrogens is 190 g/mol. The molecule has 0 aliphatic carbocycles. The van der Waals surface area contributed by atoms with Crippen molar-refractivity contribution in [1.82, 2.24) is 0 Å². The molecule has 0 fully saturated rings. The predicted molar refractivity (Wildman–Crippen MR) is 57.7 cm³/mol. The molecule has 0 atom stereocenters. The van der Waals surface area contributed by atoms with Gasteiger partial charge in [0.25, 0.3) is 0 Å². The third-order valence-electron chi connectivity index (χ3n) is 2.50. The second-order valence-electron chi connectivity index (χ2n) is 3.96. The van der Waals surface area contributed by atoms with Gasteiger partial charge in [-0.2, -0.15) is 0 Å². The largest absolute Gasteiger partial charge is 0.481 e. The molecule has 1 aromatic rings. The smallest absolute Gasteiger partial charge is 0.303 e. The molecule has 3 heteroatoms. The second-order valence-corrected chi connectivity index (χ2v) is 3.96. The molecule has 0 aliphatic rings. The van der Waals surface area contributed by atoms with Crippen molar-refractivity contribution in [2.75, 3.05) is 0 Å². The van der Waals surface area contributed by atoms with Gasteiger partial charge >= 0.3 is 5.97 Å². The highest BCUT2D eigenvalue weighted by molar-refractivity contribution is 5.66. The molecular formula is C12H18NO2+. The van der Waals surface area contributed by atoms with Gasteiger partial charge in [0.2, 0.25) is 0 Å². The quantitative estimate of drug-likeness (QED) is 0.766. The van der Waals surface area contributed by atoms with Crippen LogP contribution in [0.4, 0.5) is 0 Å². The SMILES string of the molecule is Cc1cc(C)[n+](CCCC(=O)O)c(C)c1. The summed E-state index contributed by atoms with van der Waals surface area (Å²) < 4.78 is 2.16. The number of carboxylic acid groups (broad SMARTS) is 1. The maximum atomic E-state index is 10.4. The van der Waals surface area contributed by atoms with E-state index in [0.717, 1.165) is 6.54 Å². The number of pyridine rings is 1. The van der Waals surface area contributed by atoms with Gasteiger partial charge in [0.05, 0.1) is 6.42 Å². The molecule has 1 aromatic heterocycles. The van der Waals surface area contributed by atoms with Crippen molar-refractivity contribution in [2.24, 2.45) is 0 Å². The Morgan fingerprint density at radius 1 is 1.27 bits per heavy atom. The molecule has 3 nitrogen and oxygen atoms in total. The van der Waals surface area contributed by atoms with Crippen molar-refractivity contribution in [3.63, 3.8) is 0 Å². The highest BCUT2D eigenvalue weighted by atomic mass is 16.4. The van der Waals surface area contributed by atoms with Crippen molar-refractivity contribution in [3.05, 3.63) is 29.1 Å². The van der Waals surface area contributed by atoms with E-state index in [1.54, 1.807) is 0 Å². The van der Waals surface area contributed by atoms with Crippen LogP contribution in [0.5, 0.6) is 0 Å². The van der Waals surface area contributed by atoms with Crippen LogP contribution in [0, 0.1) is 20.8 Å². The molecule has 1 rings (SSSR count). The van der Waals surface area contributed by atoms with Gasteiger partial charge in [-0.1, -0.05) is 0 Å². The first-order valence-electron chi connectivity index (χ1n) is 5.20. The zero-order valence-corrected chi connectivity index (χ0v) is 9.58. The normalized spacial score (nSPS) is 10.3. The number of hydrogen-bond donors (Lipinski definition) is 1. The molecule has 1 N–H and O–H groups in total. The van der Waals surface area contributed by atoms with Gasteiger partial charge in [-0.25, -0.2) is 4.57 Å². The van der Waals surface area contributed by atoms with E-state index in [0.29, 0.717) is 6.42 Å². The summed E-state index contributed by atoms with van der Waals surface area (Å²) in [4.78, 5) is 10.4. The minimum absolute atomic E-state index is 0.236. The highest BCUT2D eigenvalue weighted by Gasteiger charge is 2.11. The van der Waals surface area contributed by atoms with Gasteiger partial charge < -0.3 is 5.11 Å². The van der Waals surface area contributed by atoms with E-state index in [2.05, 4.69) is 37.5 Å². The fourth-order valence-corrected chi connectivity index (χ4v) is 1.88. The van der Waals surface area contributed by atoms with Gasteiger partial charge in [-0.05, 0) is 12.5 Å². The fourth-order valence-electron chi connectivity index (χ4n) is 1.88. The minimum atomic E-state index is -0.724. The van der Waals surface area contributed by atoms with Crippen molar-refractivity contribution in [2.45, 2.75) is 40.2 Å². The molecule has 1 heterocycles. The fraction of sp³-hybridized carbons (Fsp3) is 0.500. The van der Waals surface area contributed by atoms with Crippen LogP contribution in [0.3, 0.4) is 0 Å². The third kappa shape index (κ3) is 3.35. The number of carbonyl (C=O) groups is 1. The van der Waals surface area contributed by atoms with Gasteiger partial charge in [-0.3, -0.25) is 4.79 Å². The standard InChI is InChI=1S/C12H17NO2/c1-9-7-10(2)13(11(3)8-9)6-4-5-12(14)15/h7-8H,4-6H2,1-3H3/p+1. The lowest BCUT2D eigenvalue weighted by Gasteiger charge is -2.04. The average Bonchev–Trinajstić information content (AvgIpc) is 2.08. The molecule has 0 spiro atoms. The van der Waals surface area contributed by atoms with Gasteiger partial charge in [-0.15, -0.1) is 0 Å². The van der Waals surface area contributed by atoms with Crippen LogP contribution in [0.25, 0.3) is 0 Å². The summed E-state index contributed by atoms with van der Waals surface area (Å²) in [5, 5.41) is 8.56. The lowest BCUT2D eigenvalue weighted by Crippen LogP contribution is -2.40. The van der Waals surface area contributed by atoms with Crippen LogP contribution in [0.2, 0.25) is 0 Å². The summed E-state index contributed by atoms with van der Waals surface area (Å²) in [6, 6.07) is 4.24. The number of nitrogens with zero attached hydrogens (tertiary/aromatic N) is 1. The van der Waals surface area contributed by atoms with Crippen molar-refractivity contribution in [3.8, 4) is 0 Å². The summed E-state index contributed by atoms with van der Waals surface area (Å²) in [7, 11) is 0. The maximum Gasteiger partial charge on any atom is 0.303 e. The molecule has 82 valence electrons. The lowest BCUT2D eigenvalue weighted by molar-refractivity contribution is -0.708. The topological polar surface area (TPSA) is 41.2 Å². The molecule has 15 heavy (non-hydrogen) atoms. The molecule has 0 aliphatic heterocycles. The first kappa shape index (κ1) is 11.7. The molecule has 0 saturated carbocycles. The Balaban J connectivity index is 2.72. The van der Waals surface area contributed by atoms with E-state index < -0.39 is 5.97 Å². The Morgan fingerprint density at radius 3 is 2.27 bits per heavy atom. The number of carboxylic acids is 1. The summed E-state index contributed by atoms with van der Waals surface area (Å²) in [5.41, 5.74) is 3.63. The van der Waals surface area contributed by atoms with Crippen LogP contribution >= 0.6 is 0 Å². The molecule has 0 saturated heterocycles. The number of hydrogen-bond acceptors (Lipinski definition) is 1. The van der Waals surface area contributed by atoms with E-state index in [4.69, 9.17) is 5.11 Å². The average molecular weight is 208 g/mol. The first-order chi connectivity index (χ1) is 7.00. The Hall–Kier alpha value is -1.38. The molecule has 0 radical (unpaired) electrons. The van der Waals surface area contributed by atoms with E-state index in [-0.39, 0.29) is 6.42 Å².